The molecule has 0 aliphatic carbocycles. The predicted molar refractivity (Wildman–Crippen MR) is 118 cm³/mol. The molecule has 0 radical (unpaired) electrons. The van der Waals surface area contributed by atoms with E-state index < -0.39 is 0 Å². The molecule has 0 saturated carbocycles. The molecule has 0 fully saturated rings. The number of anilines is 1. The molecular formula is C26H27NO2. The molecule has 4 rings (SSSR count). The third-order valence-corrected chi connectivity index (χ3v) is 6.06. The molecule has 0 spiro atoms. The standard InChI is InChI=1S/C26H27NO2/c1-25(2)18-26(3,20-12-6-5-7-13-20)22-15-8-9-16-23(22)27(25)24(28)19-11-10-14-21(17-19)29-4/h5-17H,18H2,1-4H3/t26-/m1/s1. The van der Waals surface area contributed by atoms with Crippen molar-refractivity contribution in [2.45, 2.75) is 38.1 Å². The van der Waals surface area contributed by atoms with Gasteiger partial charge in [0, 0.05) is 22.2 Å². The van der Waals surface area contributed by atoms with Crippen LogP contribution in [0.5, 0.6) is 5.75 Å². The minimum Gasteiger partial charge on any atom is -0.497 e. The Morgan fingerprint density at radius 1 is 0.897 bits per heavy atom. The zero-order valence-electron chi connectivity index (χ0n) is 17.5. The topological polar surface area (TPSA) is 29.5 Å². The number of carbonyl (C=O) groups is 1. The van der Waals surface area contributed by atoms with Crippen LogP contribution in [0, 0.1) is 0 Å². The van der Waals surface area contributed by atoms with Gasteiger partial charge in [-0.1, -0.05) is 61.5 Å². The molecule has 1 amide bonds. The average Bonchev–Trinajstić information content (AvgIpc) is 2.73. The maximum atomic E-state index is 13.7. The van der Waals surface area contributed by atoms with E-state index in [-0.39, 0.29) is 16.9 Å². The molecule has 0 unspecified atom stereocenters. The molecule has 3 nitrogen and oxygen atoms in total. The first-order valence-electron chi connectivity index (χ1n) is 10.0. The molecule has 1 heterocycles. The highest BCUT2D eigenvalue weighted by Gasteiger charge is 2.47. The quantitative estimate of drug-likeness (QED) is 0.568. The van der Waals surface area contributed by atoms with Gasteiger partial charge in [0.2, 0.25) is 0 Å². The Hall–Kier alpha value is -3.07. The highest BCUT2D eigenvalue weighted by Crippen LogP contribution is 2.50. The summed E-state index contributed by atoms with van der Waals surface area (Å²) in [5, 5.41) is 0. The molecule has 0 bridgehead atoms. The lowest BCUT2D eigenvalue weighted by Gasteiger charge is -2.51. The molecule has 1 aliphatic rings. The van der Waals surface area contributed by atoms with E-state index in [1.165, 1.54) is 11.1 Å². The SMILES string of the molecule is COc1cccc(C(=O)N2c3ccccc3[C@@](C)(c3ccccc3)CC2(C)C)c1. The van der Waals surface area contributed by atoms with Gasteiger partial charge < -0.3 is 9.64 Å². The summed E-state index contributed by atoms with van der Waals surface area (Å²) in [4.78, 5) is 15.6. The van der Waals surface area contributed by atoms with Gasteiger partial charge in [-0.25, -0.2) is 0 Å². The third kappa shape index (κ3) is 3.21. The summed E-state index contributed by atoms with van der Waals surface area (Å²) in [7, 11) is 1.62. The molecule has 0 saturated heterocycles. The van der Waals surface area contributed by atoms with Crippen molar-refractivity contribution in [3.05, 3.63) is 95.6 Å². The van der Waals surface area contributed by atoms with Crippen molar-refractivity contribution >= 4 is 11.6 Å². The monoisotopic (exact) mass is 385 g/mol. The number of carbonyl (C=O) groups excluding carboxylic acids is 1. The zero-order valence-corrected chi connectivity index (χ0v) is 17.5. The zero-order chi connectivity index (χ0) is 20.6. The smallest absolute Gasteiger partial charge is 0.258 e. The number of ether oxygens (including phenoxy) is 1. The van der Waals surface area contributed by atoms with Crippen molar-refractivity contribution in [3.63, 3.8) is 0 Å². The lowest BCUT2D eigenvalue weighted by Crippen LogP contribution is -2.55. The van der Waals surface area contributed by atoms with E-state index in [1.54, 1.807) is 7.11 Å². The van der Waals surface area contributed by atoms with Crippen LogP contribution in [0.4, 0.5) is 5.69 Å². The van der Waals surface area contributed by atoms with Crippen LogP contribution < -0.4 is 9.64 Å². The predicted octanol–water partition coefficient (Wildman–Crippen LogP) is 5.83. The van der Waals surface area contributed by atoms with Crippen molar-refractivity contribution in [1.82, 2.24) is 0 Å². The molecule has 0 N–H and O–H groups in total. The minimum atomic E-state index is -0.362. The molecule has 3 aromatic rings. The fourth-order valence-electron chi connectivity index (χ4n) is 4.83. The number of amides is 1. The number of rotatable bonds is 3. The van der Waals surface area contributed by atoms with Crippen LogP contribution in [-0.4, -0.2) is 18.6 Å². The fraction of sp³-hybridized carbons (Fsp3) is 0.269. The van der Waals surface area contributed by atoms with E-state index in [9.17, 15) is 4.79 Å². The molecule has 1 aliphatic heterocycles. The fourth-order valence-corrected chi connectivity index (χ4v) is 4.83. The van der Waals surface area contributed by atoms with Gasteiger partial charge in [-0.05, 0) is 55.7 Å². The average molecular weight is 386 g/mol. The third-order valence-electron chi connectivity index (χ3n) is 6.06. The first kappa shape index (κ1) is 19.3. The Labute approximate surface area is 172 Å². The summed E-state index contributed by atoms with van der Waals surface area (Å²) >= 11 is 0. The second-order valence-corrected chi connectivity index (χ2v) is 8.58. The molecule has 3 heteroatoms. The highest BCUT2D eigenvalue weighted by atomic mass is 16.5. The molecule has 29 heavy (non-hydrogen) atoms. The summed E-state index contributed by atoms with van der Waals surface area (Å²) in [6.45, 7) is 6.60. The summed E-state index contributed by atoms with van der Waals surface area (Å²) in [6, 6.07) is 26.3. The van der Waals surface area contributed by atoms with Gasteiger partial charge in [-0.3, -0.25) is 4.79 Å². The number of fused-ring (bicyclic) bond motifs is 1. The summed E-state index contributed by atoms with van der Waals surface area (Å²) in [5.41, 5.74) is 3.53. The largest absolute Gasteiger partial charge is 0.497 e. The molecule has 1 atom stereocenters. The Kier molecular flexibility index (Phi) is 4.70. The van der Waals surface area contributed by atoms with Crippen LogP contribution in [0.2, 0.25) is 0 Å². The second-order valence-electron chi connectivity index (χ2n) is 8.58. The number of hydrogen-bond donors (Lipinski definition) is 0. The van der Waals surface area contributed by atoms with Gasteiger partial charge in [-0.2, -0.15) is 0 Å². The Morgan fingerprint density at radius 2 is 1.59 bits per heavy atom. The first-order chi connectivity index (χ1) is 13.9. The van der Waals surface area contributed by atoms with Crippen molar-refractivity contribution in [1.29, 1.82) is 0 Å². The Morgan fingerprint density at radius 3 is 2.31 bits per heavy atom. The van der Waals surface area contributed by atoms with E-state index in [2.05, 4.69) is 63.2 Å². The first-order valence-corrected chi connectivity index (χ1v) is 10.0. The van der Waals surface area contributed by atoms with E-state index in [1.807, 2.05) is 41.3 Å². The van der Waals surface area contributed by atoms with Gasteiger partial charge in [0.05, 0.1) is 7.11 Å². The van der Waals surface area contributed by atoms with Crippen molar-refractivity contribution in [3.8, 4) is 5.75 Å². The number of nitrogens with zero attached hydrogens (tertiary/aromatic N) is 1. The van der Waals surface area contributed by atoms with E-state index in [0.717, 1.165) is 12.1 Å². The normalized spacial score (nSPS) is 20.1. The Bertz CT molecular complexity index is 1040. The van der Waals surface area contributed by atoms with Crippen molar-refractivity contribution in [2.75, 3.05) is 12.0 Å². The van der Waals surface area contributed by atoms with Crippen molar-refractivity contribution in [2.24, 2.45) is 0 Å². The minimum absolute atomic E-state index is 0.00328. The second kappa shape index (κ2) is 7.07. The van der Waals surface area contributed by atoms with Crippen LogP contribution in [0.3, 0.4) is 0 Å². The van der Waals surface area contributed by atoms with E-state index in [4.69, 9.17) is 4.74 Å². The lowest BCUT2D eigenvalue weighted by atomic mass is 9.65. The van der Waals surface area contributed by atoms with Crippen LogP contribution in [0.1, 0.15) is 48.7 Å². The summed E-state index contributed by atoms with van der Waals surface area (Å²) < 4.78 is 5.33. The van der Waals surface area contributed by atoms with Gasteiger partial charge in [0.25, 0.3) is 5.91 Å². The number of para-hydroxylation sites is 1. The van der Waals surface area contributed by atoms with Crippen molar-refractivity contribution < 1.29 is 9.53 Å². The summed E-state index contributed by atoms with van der Waals surface area (Å²) in [6.07, 6.45) is 0.830. The van der Waals surface area contributed by atoms with Crippen LogP contribution in [0.25, 0.3) is 0 Å². The summed E-state index contributed by atoms with van der Waals surface area (Å²) in [5.74, 6) is 0.685. The highest BCUT2D eigenvalue weighted by molar-refractivity contribution is 6.08. The van der Waals surface area contributed by atoms with Gasteiger partial charge in [0.1, 0.15) is 5.75 Å². The van der Waals surface area contributed by atoms with Gasteiger partial charge in [-0.15, -0.1) is 0 Å². The van der Waals surface area contributed by atoms with Gasteiger partial charge in [0.15, 0.2) is 0 Å². The molecule has 148 valence electrons. The Balaban J connectivity index is 1.87. The van der Waals surface area contributed by atoms with E-state index in [0.29, 0.717) is 11.3 Å². The molecule has 3 aromatic carbocycles. The van der Waals surface area contributed by atoms with Crippen LogP contribution in [0.15, 0.2) is 78.9 Å². The maximum absolute atomic E-state index is 13.7. The number of methoxy groups -OCH3 is 1. The number of hydrogen-bond acceptors (Lipinski definition) is 2. The molecule has 0 aromatic heterocycles. The maximum Gasteiger partial charge on any atom is 0.258 e. The van der Waals surface area contributed by atoms with E-state index >= 15 is 0 Å². The van der Waals surface area contributed by atoms with Crippen LogP contribution in [-0.2, 0) is 5.41 Å². The molecular weight excluding hydrogens is 358 g/mol. The lowest BCUT2D eigenvalue weighted by molar-refractivity contribution is 0.0948. The number of benzene rings is 3. The van der Waals surface area contributed by atoms with Gasteiger partial charge >= 0.3 is 0 Å². The van der Waals surface area contributed by atoms with Crippen LogP contribution >= 0.6 is 0 Å².